The molecule has 0 aromatic heterocycles. The highest BCUT2D eigenvalue weighted by Gasteiger charge is 2.31. The van der Waals surface area contributed by atoms with Crippen molar-refractivity contribution in [3.63, 3.8) is 0 Å². The summed E-state index contributed by atoms with van der Waals surface area (Å²) in [6, 6.07) is 7.80. The summed E-state index contributed by atoms with van der Waals surface area (Å²) in [5, 5.41) is 9.17. The molecule has 2 unspecified atom stereocenters. The van der Waals surface area contributed by atoms with Crippen molar-refractivity contribution in [3.05, 3.63) is 29.8 Å². The van der Waals surface area contributed by atoms with E-state index in [1.54, 1.807) is 7.11 Å². The first-order valence-corrected chi connectivity index (χ1v) is 6.14. The second-order valence-corrected chi connectivity index (χ2v) is 4.62. The standard InChI is InChI=1S/C14H18O4/c1-17-12-4-2-10(3-5-12)8-11-6-7-18-9-13(11)14(15)16/h2-5,11,13H,6-9H2,1H3,(H,15,16). The normalized spacial score (nSPS) is 23.6. The van der Waals surface area contributed by atoms with Gasteiger partial charge in [-0.3, -0.25) is 4.79 Å². The maximum Gasteiger partial charge on any atom is 0.309 e. The largest absolute Gasteiger partial charge is 0.497 e. The molecular weight excluding hydrogens is 232 g/mol. The van der Waals surface area contributed by atoms with E-state index in [1.807, 2.05) is 24.3 Å². The van der Waals surface area contributed by atoms with Gasteiger partial charge in [0.2, 0.25) is 0 Å². The monoisotopic (exact) mass is 250 g/mol. The summed E-state index contributed by atoms with van der Waals surface area (Å²) in [7, 11) is 1.63. The third-order valence-corrected chi connectivity index (χ3v) is 3.47. The summed E-state index contributed by atoms with van der Waals surface area (Å²) in [5.74, 6) is -0.167. The average molecular weight is 250 g/mol. The number of methoxy groups -OCH3 is 1. The molecule has 0 amide bonds. The molecule has 2 atom stereocenters. The van der Waals surface area contributed by atoms with Crippen molar-refractivity contribution in [2.75, 3.05) is 20.3 Å². The van der Waals surface area contributed by atoms with Gasteiger partial charge in [0.05, 0.1) is 19.6 Å². The Kier molecular flexibility index (Phi) is 4.20. The van der Waals surface area contributed by atoms with Crippen molar-refractivity contribution in [3.8, 4) is 5.75 Å². The molecule has 4 heteroatoms. The molecule has 1 aliphatic rings. The van der Waals surface area contributed by atoms with Crippen LogP contribution in [-0.4, -0.2) is 31.4 Å². The number of hydrogen-bond acceptors (Lipinski definition) is 3. The number of hydrogen-bond donors (Lipinski definition) is 1. The van der Waals surface area contributed by atoms with Crippen LogP contribution in [0.2, 0.25) is 0 Å². The minimum atomic E-state index is -0.756. The molecule has 18 heavy (non-hydrogen) atoms. The molecule has 1 heterocycles. The summed E-state index contributed by atoms with van der Waals surface area (Å²) >= 11 is 0. The number of carboxylic acid groups (broad SMARTS) is 1. The van der Waals surface area contributed by atoms with Crippen LogP contribution in [0, 0.1) is 11.8 Å². The fraction of sp³-hybridized carbons (Fsp3) is 0.500. The summed E-state index contributed by atoms with van der Waals surface area (Å²) < 4.78 is 10.4. The van der Waals surface area contributed by atoms with Crippen molar-refractivity contribution < 1.29 is 19.4 Å². The summed E-state index contributed by atoms with van der Waals surface area (Å²) in [5.41, 5.74) is 1.15. The SMILES string of the molecule is COc1ccc(CC2CCOCC2C(=O)O)cc1. The van der Waals surface area contributed by atoms with Crippen LogP contribution in [0.1, 0.15) is 12.0 Å². The van der Waals surface area contributed by atoms with Gasteiger partial charge in [0, 0.05) is 6.61 Å². The number of carboxylic acids is 1. The third-order valence-electron chi connectivity index (χ3n) is 3.47. The molecule has 0 bridgehead atoms. The first-order chi connectivity index (χ1) is 8.70. The van der Waals surface area contributed by atoms with Gasteiger partial charge in [-0.2, -0.15) is 0 Å². The van der Waals surface area contributed by atoms with E-state index in [0.717, 1.165) is 24.2 Å². The van der Waals surface area contributed by atoms with Crippen LogP contribution in [0.5, 0.6) is 5.75 Å². The Hall–Kier alpha value is -1.55. The molecule has 98 valence electrons. The van der Waals surface area contributed by atoms with Gasteiger partial charge >= 0.3 is 5.97 Å². The number of aliphatic carboxylic acids is 1. The van der Waals surface area contributed by atoms with Gasteiger partial charge in [0.25, 0.3) is 0 Å². The molecule has 1 aromatic rings. The van der Waals surface area contributed by atoms with Crippen molar-refractivity contribution in [1.29, 1.82) is 0 Å². The van der Waals surface area contributed by atoms with Crippen LogP contribution in [0.15, 0.2) is 24.3 Å². The zero-order valence-electron chi connectivity index (χ0n) is 10.5. The van der Waals surface area contributed by atoms with Crippen LogP contribution in [0.4, 0.5) is 0 Å². The Labute approximate surface area is 107 Å². The van der Waals surface area contributed by atoms with E-state index in [2.05, 4.69) is 0 Å². The van der Waals surface area contributed by atoms with E-state index in [4.69, 9.17) is 14.6 Å². The maximum atomic E-state index is 11.2. The fourth-order valence-electron chi connectivity index (χ4n) is 2.36. The molecule has 2 rings (SSSR count). The van der Waals surface area contributed by atoms with E-state index >= 15 is 0 Å². The van der Waals surface area contributed by atoms with Crippen LogP contribution >= 0.6 is 0 Å². The predicted octanol–water partition coefficient (Wildman–Crippen LogP) is 1.98. The van der Waals surface area contributed by atoms with Gasteiger partial charge in [-0.1, -0.05) is 12.1 Å². The molecule has 0 spiro atoms. The Bertz CT molecular complexity index is 399. The zero-order chi connectivity index (χ0) is 13.0. The van der Waals surface area contributed by atoms with Gasteiger partial charge in [0.1, 0.15) is 5.75 Å². The second kappa shape index (κ2) is 5.87. The number of benzene rings is 1. The molecule has 0 radical (unpaired) electrons. The summed E-state index contributed by atoms with van der Waals surface area (Å²) in [4.78, 5) is 11.2. The molecule has 4 nitrogen and oxygen atoms in total. The maximum absolute atomic E-state index is 11.2. The molecular formula is C14H18O4. The highest BCUT2D eigenvalue weighted by molar-refractivity contribution is 5.70. The minimum Gasteiger partial charge on any atom is -0.497 e. The van der Waals surface area contributed by atoms with Crippen LogP contribution < -0.4 is 4.74 Å². The lowest BCUT2D eigenvalue weighted by Gasteiger charge is -2.28. The van der Waals surface area contributed by atoms with Crippen LogP contribution in [-0.2, 0) is 16.0 Å². The lowest BCUT2D eigenvalue weighted by Crippen LogP contribution is -2.34. The molecule has 1 aromatic carbocycles. The van der Waals surface area contributed by atoms with Crippen LogP contribution in [0.3, 0.4) is 0 Å². The molecule has 1 saturated heterocycles. The lowest BCUT2D eigenvalue weighted by molar-refractivity contribution is -0.149. The van der Waals surface area contributed by atoms with Crippen molar-refractivity contribution >= 4 is 5.97 Å². The number of ether oxygens (including phenoxy) is 2. The van der Waals surface area contributed by atoms with Gasteiger partial charge in [-0.25, -0.2) is 0 Å². The highest BCUT2D eigenvalue weighted by Crippen LogP contribution is 2.26. The average Bonchev–Trinajstić information content (AvgIpc) is 2.40. The first-order valence-electron chi connectivity index (χ1n) is 6.14. The molecule has 1 aliphatic heterocycles. The zero-order valence-corrected chi connectivity index (χ0v) is 10.5. The highest BCUT2D eigenvalue weighted by atomic mass is 16.5. The van der Waals surface area contributed by atoms with Crippen molar-refractivity contribution in [2.24, 2.45) is 11.8 Å². The molecule has 0 saturated carbocycles. The van der Waals surface area contributed by atoms with Gasteiger partial charge in [-0.15, -0.1) is 0 Å². The summed E-state index contributed by atoms with van der Waals surface area (Å²) in [6.45, 7) is 0.987. The Morgan fingerprint density at radius 3 is 2.78 bits per heavy atom. The topological polar surface area (TPSA) is 55.8 Å². The number of rotatable bonds is 4. The van der Waals surface area contributed by atoms with Gasteiger partial charge in [-0.05, 0) is 36.5 Å². The predicted molar refractivity (Wildman–Crippen MR) is 66.7 cm³/mol. The lowest BCUT2D eigenvalue weighted by atomic mass is 9.83. The van der Waals surface area contributed by atoms with Crippen molar-refractivity contribution in [1.82, 2.24) is 0 Å². The quantitative estimate of drug-likeness (QED) is 0.887. The van der Waals surface area contributed by atoms with Crippen molar-refractivity contribution in [2.45, 2.75) is 12.8 Å². The van der Waals surface area contributed by atoms with E-state index < -0.39 is 5.97 Å². The van der Waals surface area contributed by atoms with E-state index in [-0.39, 0.29) is 11.8 Å². The number of carbonyl (C=O) groups is 1. The Morgan fingerprint density at radius 1 is 1.44 bits per heavy atom. The van der Waals surface area contributed by atoms with E-state index in [0.29, 0.717) is 13.2 Å². The molecule has 1 fully saturated rings. The fourth-order valence-corrected chi connectivity index (χ4v) is 2.36. The third kappa shape index (κ3) is 3.01. The minimum absolute atomic E-state index is 0.157. The summed E-state index contributed by atoms with van der Waals surface area (Å²) in [6.07, 6.45) is 1.59. The smallest absolute Gasteiger partial charge is 0.309 e. The first kappa shape index (κ1) is 12.9. The molecule has 0 aliphatic carbocycles. The molecule has 1 N–H and O–H groups in total. The Morgan fingerprint density at radius 2 is 2.17 bits per heavy atom. The Balaban J connectivity index is 2.03. The van der Waals surface area contributed by atoms with Crippen LogP contribution in [0.25, 0.3) is 0 Å². The van der Waals surface area contributed by atoms with E-state index in [1.165, 1.54) is 0 Å². The van der Waals surface area contributed by atoms with Gasteiger partial charge in [0.15, 0.2) is 0 Å². The second-order valence-electron chi connectivity index (χ2n) is 4.62. The van der Waals surface area contributed by atoms with E-state index in [9.17, 15) is 4.79 Å². The van der Waals surface area contributed by atoms with Gasteiger partial charge < -0.3 is 14.6 Å².